The number of rotatable bonds is 39. The molecule has 16 heteroatoms. The first-order chi connectivity index (χ1) is 29.2. The van der Waals surface area contributed by atoms with Gasteiger partial charge >= 0.3 is 19.8 Å². The van der Waals surface area contributed by atoms with Gasteiger partial charge in [0.05, 0.1) is 18.8 Å². The summed E-state index contributed by atoms with van der Waals surface area (Å²) in [5, 5.41) is 70.6. The summed E-state index contributed by atoms with van der Waals surface area (Å²) in [5.74, 6) is -1.20. The van der Waals surface area contributed by atoms with Crippen molar-refractivity contribution in [3.63, 3.8) is 0 Å². The van der Waals surface area contributed by atoms with Crippen LogP contribution < -0.4 is 0 Å². The third kappa shape index (κ3) is 28.1. The fraction of sp³-hybridized carbons (Fsp3) is 0.911. The Bertz CT molecular complexity index is 1160. The minimum absolute atomic E-state index is 0.0702. The molecular weight excluding hydrogens is 811 g/mol. The van der Waals surface area contributed by atoms with Crippen molar-refractivity contribution < 1.29 is 73.3 Å². The SMILES string of the molecule is CCCCC/C=C\C[C@@H](O)[C@H](O)CCCCCCCC(=O)OC[C@H](COP(=O)(O)OC1[C@H](O)[C@H](O)C(O)[C@H](O)[C@H]1O)OC(=O)CCCCCCCCCCCCCCCCC. The largest absolute Gasteiger partial charge is 0.472 e. The van der Waals surface area contributed by atoms with Gasteiger partial charge in [-0.2, -0.15) is 0 Å². The number of carbonyl (C=O) groups is 2. The summed E-state index contributed by atoms with van der Waals surface area (Å²) in [6, 6.07) is 0. The molecule has 0 aromatic heterocycles. The maximum atomic E-state index is 12.8. The molecule has 0 bridgehead atoms. The Kier molecular flexibility index (Phi) is 33.8. The van der Waals surface area contributed by atoms with Crippen LogP contribution in [-0.2, 0) is 32.7 Å². The normalized spacial score (nSPS) is 23.1. The van der Waals surface area contributed by atoms with Crippen molar-refractivity contribution in [2.45, 2.75) is 249 Å². The van der Waals surface area contributed by atoms with Crippen molar-refractivity contribution in [1.29, 1.82) is 0 Å². The van der Waals surface area contributed by atoms with Crippen molar-refractivity contribution >= 4 is 19.8 Å². The van der Waals surface area contributed by atoms with E-state index in [1.165, 1.54) is 70.6 Å². The number of carbonyl (C=O) groups excluding carboxylic acids is 2. The van der Waals surface area contributed by atoms with Crippen LogP contribution in [0.3, 0.4) is 0 Å². The van der Waals surface area contributed by atoms with Crippen LogP contribution in [0.4, 0.5) is 0 Å². The molecule has 0 heterocycles. The van der Waals surface area contributed by atoms with Gasteiger partial charge in [0.2, 0.25) is 0 Å². The Hall–Kier alpha value is -1.49. The van der Waals surface area contributed by atoms with Crippen molar-refractivity contribution in [3.05, 3.63) is 12.2 Å². The Morgan fingerprint density at radius 3 is 1.52 bits per heavy atom. The van der Waals surface area contributed by atoms with Crippen LogP contribution in [0, 0.1) is 0 Å². The molecule has 1 saturated carbocycles. The summed E-state index contributed by atoms with van der Waals surface area (Å²) < 4.78 is 33.5. The number of ether oxygens (including phenoxy) is 2. The molecule has 0 aromatic rings. The lowest BCUT2D eigenvalue weighted by Gasteiger charge is -2.41. The fourth-order valence-corrected chi connectivity index (χ4v) is 8.28. The Labute approximate surface area is 366 Å². The van der Waals surface area contributed by atoms with E-state index in [1.807, 2.05) is 6.08 Å². The molecule has 1 aliphatic rings. The minimum atomic E-state index is -5.15. The maximum Gasteiger partial charge on any atom is 0.472 e. The molecule has 0 aromatic carbocycles. The van der Waals surface area contributed by atoms with Gasteiger partial charge in [0.1, 0.15) is 43.2 Å². The number of esters is 2. The molecule has 0 aliphatic heterocycles. The zero-order chi connectivity index (χ0) is 45.3. The van der Waals surface area contributed by atoms with Crippen LogP contribution in [0.5, 0.6) is 0 Å². The summed E-state index contributed by atoms with van der Waals surface area (Å²) in [6.45, 7) is 3.12. The predicted octanol–water partition coefficient (Wildman–Crippen LogP) is 7.00. The van der Waals surface area contributed by atoms with E-state index in [4.69, 9.17) is 18.5 Å². The Morgan fingerprint density at radius 1 is 0.557 bits per heavy atom. The second-order valence-corrected chi connectivity index (χ2v) is 18.3. The molecule has 360 valence electrons. The summed E-state index contributed by atoms with van der Waals surface area (Å²) in [6.07, 6.45) is 15.6. The quantitative estimate of drug-likeness (QED) is 0.0134. The summed E-state index contributed by atoms with van der Waals surface area (Å²) in [4.78, 5) is 35.7. The van der Waals surface area contributed by atoms with Crippen LogP contribution >= 0.6 is 7.82 Å². The van der Waals surface area contributed by atoms with Gasteiger partial charge in [-0.05, 0) is 38.5 Å². The second kappa shape index (κ2) is 35.8. The van der Waals surface area contributed by atoms with E-state index >= 15 is 0 Å². The van der Waals surface area contributed by atoms with Gasteiger partial charge in [-0.25, -0.2) is 4.57 Å². The highest BCUT2D eigenvalue weighted by atomic mass is 31.2. The Morgan fingerprint density at radius 2 is 1.00 bits per heavy atom. The van der Waals surface area contributed by atoms with E-state index in [0.717, 1.165) is 70.6 Å². The number of hydrogen-bond donors (Lipinski definition) is 8. The van der Waals surface area contributed by atoms with Crippen molar-refractivity contribution in [3.8, 4) is 0 Å². The molecule has 0 radical (unpaired) electrons. The van der Waals surface area contributed by atoms with Crippen molar-refractivity contribution in [1.82, 2.24) is 0 Å². The Balaban J connectivity index is 2.49. The van der Waals surface area contributed by atoms with E-state index < -0.39 is 87.9 Å². The molecule has 10 atom stereocenters. The number of phosphoric acid groups is 1. The molecule has 15 nitrogen and oxygen atoms in total. The van der Waals surface area contributed by atoms with Gasteiger partial charge in [0, 0.05) is 12.8 Å². The molecule has 0 saturated heterocycles. The second-order valence-electron chi connectivity index (χ2n) is 16.9. The lowest BCUT2D eigenvalue weighted by atomic mass is 9.85. The first-order valence-corrected chi connectivity index (χ1v) is 25.2. The van der Waals surface area contributed by atoms with Gasteiger partial charge < -0.3 is 50.1 Å². The average Bonchev–Trinajstić information content (AvgIpc) is 3.23. The smallest absolute Gasteiger partial charge is 0.462 e. The van der Waals surface area contributed by atoms with Gasteiger partial charge in [0.15, 0.2) is 6.10 Å². The molecule has 1 aliphatic carbocycles. The monoisotopic (exact) mass is 897 g/mol. The lowest BCUT2D eigenvalue weighted by Crippen LogP contribution is -2.64. The van der Waals surface area contributed by atoms with E-state index in [9.17, 15) is 54.8 Å². The lowest BCUT2D eigenvalue weighted by molar-refractivity contribution is -0.220. The van der Waals surface area contributed by atoms with Gasteiger partial charge in [-0.3, -0.25) is 18.6 Å². The van der Waals surface area contributed by atoms with E-state index in [1.54, 1.807) is 0 Å². The minimum Gasteiger partial charge on any atom is -0.462 e. The first-order valence-electron chi connectivity index (χ1n) is 23.7. The molecule has 61 heavy (non-hydrogen) atoms. The number of allylic oxidation sites excluding steroid dienone is 1. The molecule has 8 N–H and O–H groups in total. The molecule has 0 amide bonds. The highest BCUT2D eigenvalue weighted by Gasteiger charge is 2.51. The molecular formula is C45H85O15P. The average molecular weight is 897 g/mol. The third-order valence-electron chi connectivity index (χ3n) is 11.3. The zero-order valence-corrected chi connectivity index (χ0v) is 38.3. The number of aliphatic hydroxyl groups is 7. The van der Waals surface area contributed by atoms with Gasteiger partial charge in [-0.1, -0.05) is 154 Å². The van der Waals surface area contributed by atoms with Gasteiger partial charge in [-0.15, -0.1) is 0 Å². The highest BCUT2D eigenvalue weighted by molar-refractivity contribution is 7.47. The zero-order valence-electron chi connectivity index (χ0n) is 37.4. The predicted molar refractivity (Wildman–Crippen MR) is 233 cm³/mol. The maximum absolute atomic E-state index is 12.8. The van der Waals surface area contributed by atoms with Crippen LogP contribution in [0.1, 0.15) is 194 Å². The molecule has 1 rings (SSSR count). The summed E-state index contributed by atoms with van der Waals surface area (Å²) in [7, 11) is -5.15. The fourth-order valence-electron chi connectivity index (χ4n) is 7.31. The highest BCUT2D eigenvalue weighted by Crippen LogP contribution is 2.47. The number of aliphatic hydroxyl groups excluding tert-OH is 7. The summed E-state index contributed by atoms with van der Waals surface area (Å²) in [5.41, 5.74) is 0. The van der Waals surface area contributed by atoms with Crippen LogP contribution in [0.15, 0.2) is 12.2 Å². The number of phosphoric ester groups is 1. The van der Waals surface area contributed by atoms with E-state index in [0.29, 0.717) is 25.7 Å². The molecule has 3 unspecified atom stereocenters. The van der Waals surface area contributed by atoms with Crippen LogP contribution in [-0.4, -0.2) is 121 Å². The van der Waals surface area contributed by atoms with Crippen LogP contribution in [0.2, 0.25) is 0 Å². The third-order valence-corrected chi connectivity index (χ3v) is 12.3. The number of hydrogen-bond acceptors (Lipinski definition) is 14. The van der Waals surface area contributed by atoms with Gasteiger partial charge in [0.25, 0.3) is 0 Å². The summed E-state index contributed by atoms with van der Waals surface area (Å²) >= 11 is 0. The first kappa shape index (κ1) is 57.5. The topological polar surface area (TPSA) is 250 Å². The standard InChI is InChI=1S/C45H85O15P/c1-3-5-7-9-11-12-13-14-15-16-17-18-19-23-28-32-39(49)59-35(34-58-61(55,56)60-45-43(53)41(51)40(50)42(52)44(45)54)33-57-38(48)31-27-24-20-22-26-30-37(47)36(46)29-25-21-10-8-6-4-2/h21,25,35-37,40-47,50-54H,3-20,22-24,26-34H2,1-2H3,(H,55,56)/b25-21-/t35-,36-,37-,40?,41-,42+,43-,44-,45?/m1/s1. The van der Waals surface area contributed by atoms with Crippen LogP contribution in [0.25, 0.3) is 0 Å². The van der Waals surface area contributed by atoms with Crippen molar-refractivity contribution in [2.75, 3.05) is 13.2 Å². The number of unbranched alkanes of at least 4 members (excludes halogenated alkanes) is 21. The van der Waals surface area contributed by atoms with E-state index in [2.05, 4.69) is 19.9 Å². The van der Waals surface area contributed by atoms with Crippen molar-refractivity contribution in [2.24, 2.45) is 0 Å². The molecule has 1 fully saturated rings. The van der Waals surface area contributed by atoms with E-state index in [-0.39, 0.29) is 12.8 Å². The molecule has 0 spiro atoms.